The number of primary amides is 1. The van der Waals surface area contributed by atoms with Crippen LogP contribution in [0.3, 0.4) is 0 Å². The summed E-state index contributed by atoms with van der Waals surface area (Å²) >= 11 is 0. The van der Waals surface area contributed by atoms with Crippen molar-refractivity contribution in [3.8, 4) is 11.1 Å². The van der Waals surface area contributed by atoms with Crippen molar-refractivity contribution in [2.24, 2.45) is 5.73 Å². The lowest BCUT2D eigenvalue weighted by atomic mass is 9.98. The normalized spacial score (nSPS) is 19.7. The molecule has 2 aliphatic rings. The summed E-state index contributed by atoms with van der Waals surface area (Å²) in [7, 11) is 0. The first-order chi connectivity index (χ1) is 22.6. The number of nitrogens with one attached hydrogen (secondary N) is 4. The highest BCUT2D eigenvalue weighted by molar-refractivity contribution is 5.83. The van der Waals surface area contributed by atoms with Gasteiger partial charge in [-0.2, -0.15) is 0 Å². The molecule has 250 valence electrons. The van der Waals surface area contributed by atoms with E-state index in [2.05, 4.69) is 26.3 Å². The van der Waals surface area contributed by atoms with E-state index in [0.717, 1.165) is 6.20 Å². The number of carbonyl (C=O) groups is 3. The number of alkyl carbamates (subject to hydrolysis) is 2. The number of pyridine rings is 1. The Kier molecular flexibility index (Phi) is 11.1. The summed E-state index contributed by atoms with van der Waals surface area (Å²) < 4.78 is 59.1. The Morgan fingerprint density at radius 3 is 2.57 bits per heavy atom. The number of hydrogen-bond donors (Lipinski definition) is 5. The van der Waals surface area contributed by atoms with Gasteiger partial charge in [0.2, 0.25) is 5.91 Å². The Balaban J connectivity index is 1.12. The van der Waals surface area contributed by atoms with Crippen LogP contribution in [0.2, 0.25) is 0 Å². The minimum Gasteiger partial charge on any atom is -0.448 e. The topological polar surface area (TPSA) is 166 Å². The van der Waals surface area contributed by atoms with E-state index in [1.807, 2.05) is 0 Å². The molecule has 0 aliphatic carbocycles. The molecule has 1 unspecified atom stereocenters. The second kappa shape index (κ2) is 15.6. The second-order valence-corrected chi connectivity index (χ2v) is 11.3. The van der Waals surface area contributed by atoms with Crippen molar-refractivity contribution in [3.05, 3.63) is 83.4 Å². The quantitative estimate of drug-likeness (QED) is 0.186. The third-order valence-electron chi connectivity index (χ3n) is 7.83. The molecule has 0 spiro atoms. The summed E-state index contributed by atoms with van der Waals surface area (Å²) in [5.74, 6) is -2.22. The van der Waals surface area contributed by atoms with E-state index in [0.29, 0.717) is 41.9 Å². The van der Waals surface area contributed by atoms with Crippen molar-refractivity contribution >= 4 is 23.8 Å². The van der Waals surface area contributed by atoms with Crippen molar-refractivity contribution < 1.29 is 41.8 Å². The highest BCUT2D eigenvalue weighted by atomic mass is 19.1. The Hall–Kier alpha value is -4.89. The standard InChI is InChI=1S/C32H35F3N6O6/c33-20-4-2-19(3-5-20)25-9-18(1-8-26(25)34)10-28(30(36)42)41-29-15-37-14-27(35)24(29)7-6-22-11-38-21(16-45-22)17-46-31(43)39-12-23-13-40-32(44)47-23/h1-5,8-9,14-15,21-23,28,38,41H,6-7,10-13,16-17H2,(H2,36,42)(H,39,43)(H,40,44)/t21-,22+,23?,28-/m0/s1. The Bertz CT molecular complexity index is 1570. The van der Waals surface area contributed by atoms with E-state index < -0.39 is 47.7 Å². The number of amides is 3. The molecular weight excluding hydrogens is 621 g/mol. The van der Waals surface area contributed by atoms with Crippen LogP contribution in [-0.2, 0) is 31.8 Å². The molecule has 2 aliphatic heterocycles. The largest absolute Gasteiger partial charge is 0.448 e. The van der Waals surface area contributed by atoms with Gasteiger partial charge in [-0.15, -0.1) is 0 Å². The number of nitrogens with two attached hydrogens (primary N) is 1. The van der Waals surface area contributed by atoms with Gasteiger partial charge >= 0.3 is 12.2 Å². The molecule has 1 aromatic heterocycles. The van der Waals surface area contributed by atoms with E-state index in [1.165, 1.54) is 42.6 Å². The summed E-state index contributed by atoms with van der Waals surface area (Å²) in [6, 6.07) is 8.52. The van der Waals surface area contributed by atoms with Gasteiger partial charge < -0.3 is 41.2 Å². The fraction of sp³-hybridized carbons (Fsp3) is 0.375. The molecule has 6 N–H and O–H groups in total. The summed E-state index contributed by atoms with van der Waals surface area (Å²) in [5, 5.41) is 11.3. The highest BCUT2D eigenvalue weighted by Crippen LogP contribution is 2.26. The number of cyclic esters (lactones) is 1. The molecule has 0 radical (unpaired) electrons. The van der Waals surface area contributed by atoms with E-state index >= 15 is 0 Å². The van der Waals surface area contributed by atoms with Crippen LogP contribution in [0, 0.1) is 17.5 Å². The maximum absolute atomic E-state index is 15.0. The molecule has 0 saturated carbocycles. The smallest absolute Gasteiger partial charge is 0.407 e. The summed E-state index contributed by atoms with van der Waals surface area (Å²) in [6.07, 6.45) is 1.37. The predicted molar refractivity (Wildman–Crippen MR) is 164 cm³/mol. The Morgan fingerprint density at radius 2 is 1.87 bits per heavy atom. The fourth-order valence-electron chi connectivity index (χ4n) is 5.27. The van der Waals surface area contributed by atoms with Crippen LogP contribution in [0.25, 0.3) is 11.1 Å². The minimum atomic E-state index is -0.973. The first kappa shape index (κ1) is 33.5. The summed E-state index contributed by atoms with van der Waals surface area (Å²) in [4.78, 5) is 39.4. The summed E-state index contributed by atoms with van der Waals surface area (Å²) in [6.45, 7) is 1.18. The number of benzene rings is 2. The van der Waals surface area contributed by atoms with Crippen LogP contribution in [0.15, 0.2) is 54.9 Å². The molecular formula is C32H35F3N6O6. The average Bonchev–Trinajstić information content (AvgIpc) is 3.48. The van der Waals surface area contributed by atoms with E-state index in [1.54, 1.807) is 6.07 Å². The van der Waals surface area contributed by atoms with Crippen molar-refractivity contribution in [2.75, 3.05) is 38.2 Å². The van der Waals surface area contributed by atoms with Gasteiger partial charge in [-0.05, 0) is 48.2 Å². The van der Waals surface area contributed by atoms with Gasteiger partial charge in [-0.3, -0.25) is 9.78 Å². The number of morpholine rings is 1. The molecule has 2 aromatic carbocycles. The van der Waals surface area contributed by atoms with Crippen molar-refractivity contribution in [1.29, 1.82) is 0 Å². The molecule has 3 amide bonds. The van der Waals surface area contributed by atoms with Gasteiger partial charge in [0, 0.05) is 24.1 Å². The number of rotatable bonds is 13. The highest BCUT2D eigenvalue weighted by Gasteiger charge is 2.26. The van der Waals surface area contributed by atoms with Crippen molar-refractivity contribution in [2.45, 2.75) is 43.6 Å². The lowest BCUT2D eigenvalue weighted by molar-refractivity contribution is -0.118. The zero-order valence-electron chi connectivity index (χ0n) is 25.3. The minimum absolute atomic E-state index is 0.0578. The van der Waals surface area contributed by atoms with E-state index in [-0.39, 0.29) is 50.3 Å². The number of hydrogen-bond acceptors (Lipinski definition) is 9. The lowest BCUT2D eigenvalue weighted by Crippen LogP contribution is -2.49. The molecule has 3 aromatic rings. The number of carbonyl (C=O) groups excluding carboxylic acids is 3. The van der Waals surface area contributed by atoms with Crippen LogP contribution in [0.1, 0.15) is 17.5 Å². The Morgan fingerprint density at radius 1 is 1.06 bits per heavy atom. The molecule has 5 rings (SSSR count). The van der Waals surface area contributed by atoms with Gasteiger partial charge in [-0.1, -0.05) is 18.2 Å². The lowest BCUT2D eigenvalue weighted by Gasteiger charge is -2.30. The number of anilines is 1. The van der Waals surface area contributed by atoms with Crippen LogP contribution in [-0.4, -0.2) is 80.2 Å². The molecule has 4 atom stereocenters. The third kappa shape index (κ3) is 9.33. The number of nitrogens with zero attached hydrogens (tertiary/aromatic N) is 1. The number of halogens is 3. The van der Waals surface area contributed by atoms with E-state index in [9.17, 15) is 27.6 Å². The van der Waals surface area contributed by atoms with Gasteiger partial charge in [0.05, 0.1) is 49.9 Å². The Labute approximate surface area is 268 Å². The maximum Gasteiger partial charge on any atom is 0.407 e. The first-order valence-corrected chi connectivity index (χ1v) is 15.1. The molecule has 3 heterocycles. The van der Waals surface area contributed by atoms with Gasteiger partial charge in [-0.25, -0.2) is 22.8 Å². The fourth-order valence-corrected chi connectivity index (χ4v) is 5.27. The third-order valence-corrected chi connectivity index (χ3v) is 7.83. The van der Waals surface area contributed by atoms with Crippen LogP contribution < -0.4 is 27.0 Å². The van der Waals surface area contributed by atoms with Gasteiger partial charge in [0.25, 0.3) is 0 Å². The average molecular weight is 657 g/mol. The van der Waals surface area contributed by atoms with Crippen LogP contribution >= 0.6 is 0 Å². The molecule has 47 heavy (non-hydrogen) atoms. The second-order valence-electron chi connectivity index (χ2n) is 11.3. The van der Waals surface area contributed by atoms with Crippen molar-refractivity contribution in [1.82, 2.24) is 20.9 Å². The molecule has 2 fully saturated rings. The maximum atomic E-state index is 15.0. The van der Waals surface area contributed by atoms with Crippen molar-refractivity contribution in [3.63, 3.8) is 0 Å². The van der Waals surface area contributed by atoms with Gasteiger partial charge in [0.1, 0.15) is 36.2 Å². The van der Waals surface area contributed by atoms with Crippen LogP contribution in [0.5, 0.6) is 0 Å². The molecule has 15 heteroatoms. The molecule has 0 bridgehead atoms. The number of ether oxygens (including phenoxy) is 3. The monoisotopic (exact) mass is 656 g/mol. The zero-order valence-corrected chi connectivity index (χ0v) is 25.3. The molecule has 12 nitrogen and oxygen atoms in total. The molecule has 2 saturated heterocycles. The SMILES string of the molecule is NC(=O)[C@H](Cc1ccc(F)c(-c2ccc(F)cc2)c1)Nc1cncc(F)c1CC[C@@H]1CN[C@H](COC(=O)NCC2CNC(=O)O2)CO1. The van der Waals surface area contributed by atoms with Crippen LogP contribution in [0.4, 0.5) is 28.4 Å². The van der Waals surface area contributed by atoms with E-state index in [4.69, 9.17) is 19.9 Å². The number of aromatic nitrogens is 1. The predicted octanol–water partition coefficient (Wildman–Crippen LogP) is 2.80. The van der Waals surface area contributed by atoms with Gasteiger partial charge in [0.15, 0.2) is 0 Å². The first-order valence-electron chi connectivity index (χ1n) is 15.1. The zero-order chi connectivity index (χ0) is 33.3. The summed E-state index contributed by atoms with van der Waals surface area (Å²) in [5.41, 5.74) is 7.58.